The van der Waals surface area contributed by atoms with Gasteiger partial charge in [-0.1, -0.05) is 6.08 Å². The Kier molecular flexibility index (Phi) is 0.864. The van der Waals surface area contributed by atoms with E-state index in [-0.39, 0.29) is 12.0 Å². The molecule has 0 saturated carbocycles. The van der Waals surface area contributed by atoms with Crippen LogP contribution in [0, 0.1) is 0 Å². The Morgan fingerprint density at radius 1 is 1.50 bits per heavy atom. The van der Waals surface area contributed by atoms with Gasteiger partial charge in [0.1, 0.15) is 0 Å². The standard InChI is InChI=1S/C9H5NO2/c11-9-7-5(3-4-10-9)1-2-6-8(7)12-6/h1-4,6H. The monoisotopic (exact) mass is 159 g/mol. The molecule has 1 atom stereocenters. The molecule has 58 valence electrons. The summed E-state index contributed by atoms with van der Waals surface area (Å²) in [5, 5.41) is 0. The van der Waals surface area contributed by atoms with Gasteiger partial charge >= 0.3 is 0 Å². The molecule has 3 nitrogen and oxygen atoms in total. The molecule has 3 heteroatoms. The number of rotatable bonds is 0. The van der Waals surface area contributed by atoms with Gasteiger partial charge in [-0.25, -0.2) is 4.99 Å². The summed E-state index contributed by atoms with van der Waals surface area (Å²) < 4.78 is 5.17. The normalized spacial score (nSPS) is 29.2. The van der Waals surface area contributed by atoms with Crippen molar-refractivity contribution in [2.45, 2.75) is 6.10 Å². The average Bonchev–Trinajstić information content (AvgIpc) is 2.82. The lowest BCUT2D eigenvalue weighted by atomic mass is 9.97. The highest BCUT2D eigenvalue weighted by atomic mass is 16.6. The van der Waals surface area contributed by atoms with Gasteiger partial charge in [0.25, 0.3) is 5.91 Å². The highest BCUT2D eigenvalue weighted by Crippen LogP contribution is 2.39. The second-order valence-corrected chi connectivity index (χ2v) is 2.84. The molecule has 1 unspecified atom stereocenters. The van der Waals surface area contributed by atoms with E-state index in [4.69, 9.17) is 4.74 Å². The molecule has 0 radical (unpaired) electrons. The van der Waals surface area contributed by atoms with Crippen molar-refractivity contribution in [2.24, 2.45) is 4.99 Å². The third-order valence-electron chi connectivity index (χ3n) is 2.10. The zero-order chi connectivity index (χ0) is 8.13. The zero-order valence-corrected chi connectivity index (χ0v) is 6.15. The number of aliphatic imine (C=N–C) groups is 1. The van der Waals surface area contributed by atoms with E-state index in [1.807, 2.05) is 18.2 Å². The van der Waals surface area contributed by atoms with Gasteiger partial charge in [-0.2, -0.15) is 0 Å². The van der Waals surface area contributed by atoms with E-state index in [0.717, 1.165) is 11.3 Å². The maximum absolute atomic E-state index is 11.3. The molecule has 0 aromatic rings. The van der Waals surface area contributed by atoms with Crippen molar-refractivity contribution in [3.05, 3.63) is 35.1 Å². The highest BCUT2D eigenvalue weighted by Gasteiger charge is 2.40. The van der Waals surface area contributed by atoms with E-state index in [1.54, 1.807) is 0 Å². The number of ether oxygens (including phenoxy) is 1. The predicted octanol–water partition coefficient (Wildman–Crippen LogP) is 0.746. The lowest BCUT2D eigenvalue weighted by Crippen LogP contribution is -2.08. The van der Waals surface area contributed by atoms with Gasteiger partial charge in [0.15, 0.2) is 11.9 Å². The fraction of sp³-hybridized carbons (Fsp3) is 0.111. The molecule has 3 rings (SSSR count). The Bertz CT molecular complexity index is 399. The van der Waals surface area contributed by atoms with Gasteiger partial charge in [-0.15, -0.1) is 0 Å². The highest BCUT2D eigenvalue weighted by molar-refractivity contribution is 6.09. The first-order valence-corrected chi connectivity index (χ1v) is 3.74. The molecular formula is C9H5NO2. The minimum absolute atomic E-state index is 0.0504. The first kappa shape index (κ1) is 5.94. The Morgan fingerprint density at radius 2 is 2.42 bits per heavy atom. The van der Waals surface area contributed by atoms with Crippen molar-refractivity contribution in [2.75, 3.05) is 0 Å². The molecule has 1 fully saturated rings. The largest absolute Gasteiger partial charge is 0.478 e. The van der Waals surface area contributed by atoms with E-state index in [1.165, 1.54) is 6.21 Å². The molecule has 12 heavy (non-hydrogen) atoms. The van der Waals surface area contributed by atoms with Crippen molar-refractivity contribution in [3.63, 3.8) is 0 Å². The average molecular weight is 159 g/mol. The summed E-state index contributed by atoms with van der Waals surface area (Å²) in [7, 11) is 0. The summed E-state index contributed by atoms with van der Waals surface area (Å²) in [6.45, 7) is 0. The van der Waals surface area contributed by atoms with Crippen molar-refractivity contribution in [3.8, 4) is 0 Å². The van der Waals surface area contributed by atoms with Gasteiger partial charge in [0.05, 0.1) is 5.57 Å². The number of fused-ring (bicyclic) bond motifs is 2. The lowest BCUT2D eigenvalue weighted by Gasteiger charge is -2.06. The second-order valence-electron chi connectivity index (χ2n) is 2.84. The van der Waals surface area contributed by atoms with Gasteiger partial charge in [0, 0.05) is 6.21 Å². The van der Waals surface area contributed by atoms with E-state index in [0.29, 0.717) is 5.57 Å². The minimum Gasteiger partial charge on any atom is -0.478 e. The molecule has 0 aromatic heterocycles. The van der Waals surface area contributed by atoms with Gasteiger partial charge in [0.2, 0.25) is 0 Å². The van der Waals surface area contributed by atoms with Crippen molar-refractivity contribution >= 4 is 12.1 Å². The van der Waals surface area contributed by atoms with Crippen LogP contribution in [0.5, 0.6) is 0 Å². The van der Waals surface area contributed by atoms with Crippen LogP contribution in [0.25, 0.3) is 0 Å². The second kappa shape index (κ2) is 1.75. The van der Waals surface area contributed by atoms with Crippen molar-refractivity contribution < 1.29 is 9.53 Å². The van der Waals surface area contributed by atoms with Gasteiger partial charge in [-0.3, -0.25) is 4.79 Å². The Balaban J connectivity index is 2.23. The number of nitrogens with zero attached hydrogens (tertiary/aromatic N) is 1. The van der Waals surface area contributed by atoms with Gasteiger partial charge < -0.3 is 4.74 Å². The fourth-order valence-electron chi connectivity index (χ4n) is 1.46. The van der Waals surface area contributed by atoms with E-state index in [9.17, 15) is 4.79 Å². The molecular weight excluding hydrogens is 154 g/mol. The smallest absolute Gasteiger partial charge is 0.281 e. The van der Waals surface area contributed by atoms with Crippen LogP contribution in [-0.4, -0.2) is 18.2 Å². The number of dihydropyridines is 1. The molecule has 0 spiro atoms. The number of hydrogen-bond acceptors (Lipinski definition) is 2. The molecule has 1 aliphatic carbocycles. The zero-order valence-electron chi connectivity index (χ0n) is 6.15. The topological polar surface area (TPSA) is 42.0 Å². The number of carbonyl (C=O) groups is 1. The van der Waals surface area contributed by atoms with E-state index < -0.39 is 0 Å². The van der Waals surface area contributed by atoms with Crippen LogP contribution < -0.4 is 0 Å². The van der Waals surface area contributed by atoms with E-state index in [2.05, 4.69) is 4.99 Å². The number of hydrogen-bond donors (Lipinski definition) is 0. The molecule has 0 bridgehead atoms. The van der Waals surface area contributed by atoms with Gasteiger partial charge in [-0.05, 0) is 17.7 Å². The molecule has 1 amide bonds. The molecule has 0 N–H and O–H groups in total. The van der Waals surface area contributed by atoms with Crippen LogP contribution in [0.1, 0.15) is 0 Å². The summed E-state index contributed by atoms with van der Waals surface area (Å²) in [4.78, 5) is 14.9. The van der Waals surface area contributed by atoms with Crippen molar-refractivity contribution in [1.82, 2.24) is 0 Å². The quantitative estimate of drug-likeness (QED) is 0.489. The Labute approximate surface area is 68.7 Å². The van der Waals surface area contributed by atoms with Crippen molar-refractivity contribution in [1.29, 1.82) is 0 Å². The molecule has 3 aliphatic rings. The van der Waals surface area contributed by atoms with Crippen LogP contribution in [-0.2, 0) is 9.53 Å². The van der Waals surface area contributed by atoms with Crippen LogP contribution in [0.3, 0.4) is 0 Å². The van der Waals surface area contributed by atoms with Crippen LogP contribution in [0.15, 0.2) is 40.1 Å². The Hall–Kier alpha value is -1.64. The summed E-state index contributed by atoms with van der Waals surface area (Å²) in [5.74, 6) is 0.597. The summed E-state index contributed by atoms with van der Waals surface area (Å²) >= 11 is 0. The summed E-state index contributed by atoms with van der Waals surface area (Å²) in [5.41, 5.74) is 1.56. The number of carbonyl (C=O) groups excluding carboxylic acids is 1. The predicted molar refractivity (Wildman–Crippen MR) is 42.6 cm³/mol. The molecule has 0 aromatic carbocycles. The van der Waals surface area contributed by atoms with E-state index >= 15 is 0 Å². The molecule has 2 aliphatic heterocycles. The number of amides is 1. The van der Waals surface area contributed by atoms with Crippen LogP contribution in [0.4, 0.5) is 0 Å². The summed E-state index contributed by atoms with van der Waals surface area (Å²) in [6, 6.07) is 0. The third-order valence-corrected chi connectivity index (χ3v) is 2.10. The molecule has 1 saturated heterocycles. The maximum Gasteiger partial charge on any atom is 0.281 e. The van der Waals surface area contributed by atoms with Crippen LogP contribution >= 0.6 is 0 Å². The Morgan fingerprint density at radius 3 is 3.33 bits per heavy atom. The maximum atomic E-state index is 11.3. The minimum atomic E-state index is -0.186. The fourth-order valence-corrected chi connectivity index (χ4v) is 1.46. The molecule has 2 heterocycles. The number of allylic oxidation sites excluding steroid dienone is 2. The third kappa shape index (κ3) is 0.605. The SMILES string of the molecule is O=C1N=CC=C2C=CC3OC3=C12. The first-order chi connectivity index (χ1) is 5.86. The first-order valence-electron chi connectivity index (χ1n) is 3.74. The summed E-state index contributed by atoms with van der Waals surface area (Å²) in [6.07, 6.45) is 7.23. The lowest BCUT2D eigenvalue weighted by molar-refractivity contribution is -0.114. The number of epoxide rings is 1. The van der Waals surface area contributed by atoms with Crippen LogP contribution in [0.2, 0.25) is 0 Å².